The zero-order valence-corrected chi connectivity index (χ0v) is 18.8. The fourth-order valence-electron chi connectivity index (χ4n) is 3.89. The van der Waals surface area contributed by atoms with E-state index >= 15 is 0 Å². The van der Waals surface area contributed by atoms with E-state index in [9.17, 15) is 4.79 Å². The highest BCUT2D eigenvalue weighted by atomic mass is 16.5. The Kier molecular flexibility index (Phi) is 6.73. The Morgan fingerprint density at radius 1 is 1.18 bits per heavy atom. The molecule has 1 atom stereocenters. The van der Waals surface area contributed by atoms with E-state index in [1.54, 1.807) is 37.4 Å². The smallest absolute Gasteiger partial charge is 0.323 e. The van der Waals surface area contributed by atoms with Crippen molar-refractivity contribution in [3.8, 4) is 11.5 Å². The lowest BCUT2D eigenvalue weighted by molar-refractivity contribution is 0.207. The molecular weight excluding hydrogens is 418 g/mol. The summed E-state index contributed by atoms with van der Waals surface area (Å²) in [6.07, 6.45) is 6.82. The van der Waals surface area contributed by atoms with Crippen LogP contribution in [0.5, 0.6) is 11.5 Å². The molecule has 1 aliphatic rings. The van der Waals surface area contributed by atoms with Crippen LogP contribution in [-0.2, 0) is 0 Å². The molecule has 0 aliphatic carbocycles. The van der Waals surface area contributed by atoms with E-state index in [2.05, 4.69) is 22.0 Å². The van der Waals surface area contributed by atoms with Crippen molar-refractivity contribution in [2.75, 3.05) is 26.1 Å². The lowest BCUT2D eigenvalue weighted by atomic mass is 10.0. The lowest BCUT2D eigenvalue weighted by Crippen LogP contribution is -2.34. The van der Waals surface area contributed by atoms with E-state index in [-0.39, 0.29) is 12.1 Å². The highest BCUT2D eigenvalue weighted by Crippen LogP contribution is 2.33. The summed E-state index contributed by atoms with van der Waals surface area (Å²) < 4.78 is 12.1. The van der Waals surface area contributed by atoms with Crippen molar-refractivity contribution in [3.05, 3.63) is 78.3 Å². The molecule has 3 aromatic rings. The SMILES string of the molecule is C=Cc1nc(NC(=O)N2CCCC2c2ccc(OC)cc2)cn1/N=C/c1cccc(OC)c1. The number of likely N-dealkylation sites (tertiary alicyclic amines) is 1. The zero-order valence-electron chi connectivity index (χ0n) is 18.8. The number of benzene rings is 2. The van der Waals surface area contributed by atoms with Gasteiger partial charge in [-0.25, -0.2) is 14.5 Å². The van der Waals surface area contributed by atoms with Crippen LogP contribution in [-0.4, -0.2) is 47.6 Å². The first-order valence-electron chi connectivity index (χ1n) is 10.7. The second-order valence-electron chi connectivity index (χ2n) is 7.61. The molecule has 33 heavy (non-hydrogen) atoms. The third-order valence-corrected chi connectivity index (χ3v) is 5.57. The summed E-state index contributed by atoms with van der Waals surface area (Å²) >= 11 is 0. The summed E-state index contributed by atoms with van der Waals surface area (Å²) in [6.45, 7) is 4.49. The minimum absolute atomic E-state index is 0.0166. The molecule has 1 N–H and O–H groups in total. The Balaban J connectivity index is 1.48. The van der Waals surface area contributed by atoms with Crippen molar-refractivity contribution in [1.29, 1.82) is 0 Å². The first-order valence-corrected chi connectivity index (χ1v) is 10.7. The lowest BCUT2D eigenvalue weighted by Gasteiger charge is -2.25. The maximum atomic E-state index is 13.0. The van der Waals surface area contributed by atoms with Crippen LogP contribution in [0, 0.1) is 0 Å². The summed E-state index contributed by atoms with van der Waals surface area (Å²) in [4.78, 5) is 19.3. The van der Waals surface area contributed by atoms with Gasteiger partial charge in [-0.1, -0.05) is 30.8 Å². The van der Waals surface area contributed by atoms with Crippen LogP contribution >= 0.6 is 0 Å². The van der Waals surface area contributed by atoms with Crippen molar-refractivity contribution in [2.24, 2.45) is 5.10 Å². The first-order chi connectivity index (χ1) is 16.1. The number of ether oxygens (including phenoxy) is 2. The maximum Gasteiger partial charge on any atom is 0.323 e. The number of hydrogen-bond acceptors (Lipinski definition) is 5. The largest absolute Gasteiger partial charge is 0.497 e. The first kappa shape index (κ1) is 22.1. The van der Waals surface area contributed by atoms with Crippen LogP contribution in [0.1, 0.15) is 35.8 Å². The summed E-state index contributed by atoms with van der Waals surface area (Å²) in [5.41, 5.74) is 1.96. The third-order valence-electron chi connectivity index (χ3n) is 5.57. The molecule has 0 radical (unpaired) electrons. The van der Waals surface area contributed by atoms with Gasteiger partial charge >= 0.3 is 6.03 Å². The van der Waals surface area contributed by atoms with Crippen LogP contribution in [0.15, 0.2) is 66.4 Å². The number of nitrogens with one attached hydrogen (secondary N) is 1. The van der Waals surface area contributed by atoms with E-state index in [4.69, 9.17) is 9.47 Å². The Labute approximate surface area is 193 Å². The Morgan fingerprint density at radius 2 is 1.97 bits per heavy atom. The molecule has 8 heteroatoms. The number of aromatic nitrogens is 2. The Hall–Kier alpha value is -4.07. The minimum Gasteiger partial charge on any atom is -0.497 e. The quantitative estimate of drug-likeness (QED) is 0.530. The van der Waals surface area contributed by atoms with Crippen LogP contribution in [0.25, 0.3) is 6.08 Å². The second kappa shape index (κ2) is 10.0. The van der Waals surface area contributed by atoms with Gasteiger partial charge < -0.3 is 14.4 Å². The number of amides is 2. The average Bonchev–Trinajstić information content (AvgIpc) is 3.50. The van der Waals surface area contributed by atoms with E-state index < -0.39 is 0 Å². The fraction of sp³-hybridized carbons (Fsp3) is 0.240. The summed E-state index contributed by atoms with van der Waals surface area (Å²) in [7, 11) is 3.26. The number of carbonyl (C=O) groups is 1. The van der Waals surface area contributed by atoms with E-state index in [0.717, 1.165) is 35.5 Å². The van der Waals surface area contributed by atoms with Gasteiger partial charge in [0, 0.05) is 6.54 Å². The molecule has 8 nitrogen and oxygen atoms in total. The molecule has 0 spiro atoms. The van der Waals surface area contributed by atoms with Gasteiger partial charge in [-0.15, -0.1) is 0 Å². The number of urea groups is 1. The van der Waals surface area contributed by atoms with Gasteiger partial charge in [-0.3, -0.25) is 5.32 Å². The Bertz CT molecular complexity index is 1150. The molecule has 1 unspecified atom stereocenters. The molecule has 2 amide bonds. The fourth-order valence-corrected chi connectivity index (χ4v) is 3.89. The summed E-state index contributed by atoms with van der Waals surface area (Å²) in [5.74, 6) is 2.49. The van der Waals surface area contributed by atoms with E-state index in [1.165, 1.54) is 0 Å². The molecule has 1 saturated heterocycles. The zero-order chi connectivity index (χ0) is 23.2. The van der Waals surface area contributed by atoms with Crippen LogP contribution in [0.2, 0.25) is 0 Å². The minimum atomic E-state index is -0.189. The van der Waals surface area contributed by atoms with Crippen molar-refractivity contribution in [1.82, 2.24) is 14.6 Å². The van der Waals surface area contributed by atoms with Gasteiger partial charge in [-0.2, -0.15) is 5.10 Å². The molecule has 1 aliphatic heterocycles. The summed E-state index contributed by atoms with van der Waals surface area (Å²) in [5, 5.41) is 7.36. The third kappa shape index (κ3) is 5.06. The number of methoxy groups -OCH3 is 2. The highest BCUT2D eigenvalue weighted by Gasteiger charge is 2.30. The average molecular weight is 446 g/mol. The van der Waals surface area contributed by atoms with Gasteiger partial charge in [-0.05, 0) is 54.3 Å². The maximum absolute atomic E-state index is 13.0. The van der Waals surface area contributed by atoms with Crippen LogP contribution in [0.4, 0.5) is 10.6 Å². The van der Waals surface area contributed by atoms with Gasteiger partial charge in [0.2, 0.25) is 0 Å². The predicted molar refractivity (Wildman–Crippen MR) is 129 cm³/mol. The normalized spacial score (nSPS) is 15.6. The van der Waals surface area contributed by atoms with Crippen molar-refractivity contribution < 1.29 is 14.3 Å². The molecule has 0 bridgehead atoms. The number of rotatable bonds is 7. The number of anilines is 1. The predicted octanol–water partition coefficient (Wildman–Crippen LogP) is 4.79. The molecule has 1 aromatic heterocycles. The topological polar surface area (TPSA) is 81.0 Å². The molecule has 2 aromatic carbocycles. The number of imidazole rings is 1. The van der Waals surface area contributed by atoms with Crippen LogP contribution in [0.3, 0.4) is 0 Å². The summed E-state index contributed by atoms with van der Waals surface area (Å²) in [6, 6.07) is 15.2. The number of hydrogen-bond donors (Lipinski definition) is 1. The van der Waals surface area contributed by atoms with Crippen molar-refractivity contribution >= 4 is 24.1 Å². The van der Waals surface area contributed by atoms with Crippen molar-refractivity contribution in [3.63, 3.8) is 0 Å². The van der Waals surface area contributed by atoms with Gasteiger partial charge in [0.1, 0.15) is 11.5 Å². The number of carbonyl (C=O) groups excluding carboxylic acids is 1. The van der Waals surface area contributed by atoms with Gasteiger partial charge in [0.05, 0.1) is 32.7 Å². The highest BCUT2D eigenvalue weighted by molar-refractivity contribution is 5.89. The second-order valence-corrected chi connectivity index (χ2v) is 7.61. The molecule has 2 heterocycles. The standard InChI is InChI=1S/C25H27N5O3/c1-4-24-27-23(17-30(24)26-16-18-7-5-8-21(15-18)33-3)28-25(31)29-14-6-9-22(29)19-10-12-20(32-2)13-11-19/h4-5,7-8,10-13,15-17,22H,1,6,9,14H2,2-3H3,(H,28,31)/b26-16+. The van der Waals surface area contributed by atoms with Crippen LogP contribution < -0.4 is 14.8 Å². The molecule has 170 valence electrons. The number of nitrogens with zero attached hydrogens (tertiary/aromatic N) is 4. The molecule has 0 saturated carbocycles. The van der Waals surface area contributed by atoms with Gasteiger partial charge in [0.15, 0.2) is 11.6 Å². The monoisotopic (exact) mass is 445 g/mol. The van der Waals surface area contributed by atoms with E-state index in [1.807, 2.05) is 53.4 Å². The molecule has 4 rings (SSSR count). The molecule has 1 fully saturated rings. The van der Waals surface area contributed by atoms with Gasteiger partial charge in [0.25, 0.3) is 0 Å². The van der Waals surface area contributed by atoms with E-state index in [0.29, 0.717) is 18.2 Å². The van der Waals surface area contributed by atoms with Crippen molar-refractivity contribution in [2.45, 2.75) is 18.9 Å². The Morgan fingerprint density at radius 3 is 2.70 bits per heavy atom. The molecular formula is C25H27N5O3.